The molecule has 0 bridgehead atoms. The van der Waals surface area contributed by atoms with Gasteiger partial charge in [-0.1, -0.05) is 93.2 Å². The maximum Gasteiger partial charge on any atom is 0.227 e. The van der Waals surface area contributed by atoms with Crippen LogP contribution >= 0.6 is 15.9 Å². The largest absolute Gasteiger partial charge is 0.386 e. The highest BCUT2D eigenvalue weighted by Crippen LogP contribution is 2.21. The minimum atomic E-state index is 0.205. The molecule has 210 valence electrons. The van der Waals surface area contributed by atoms with Crippen molar-refractivity contribution in [1.82, 2.24) is 10.2 Å². The van der Waals surface area contributed by atoms with E-state index in [4.69, 9.17) is 4.99 Å². The van der Waals surface area contributed by atoms with E-state index in [2.05, 4.69) is 84.1 Å². The Morgan fingerprint density at radius 2 is 1.68 bits per heavy atom. The summed E-state index contributed by atoms with van der Waals surface area (Å²) in [5.74, 6) is 0.205. The van der Waals surface area contributed by atoms with Gasteiger partial charge >= 0.3 is 0 Å². The Kier molecular flexibility index (Phi) is 12.0. The average Bonchev–Trinajstić information content (AvgIpc) is 2.98. The second-order valence-corrected chi connectivity index (χ2v) is 10.7. The van der Waals surface area contributed by atoms with Gasteiger partial charge in [-0.3, -0.25) is 9.79 Å². The summed E-state index contributed by atoms with van der Waals surface area (Å²) in [6.45, 7) is 15.5. The van der Waals surface area contributed by atoms with E-state index in [9.17, 15) is 4.79 Å². The van der Waals surface area contributed by atoms with Gasteiger partial charge in [-0.15, -0.1) is 0 Å². The van der Waals surface area contributed by atoms with Gasteiger partial charge in [-0.25, -0.2) is 0 Å². The number of aliphatic imine (C=N–C) groups is 1. The van der Waals surface area contributed by atoms with Crippen molar-refractivity contribution in [2.24, 2.45) is 4.99 Å². The van der Waals surface area contributed by atoms with Crippen LogP contribution in [-0.4, -0.2) is 35.7 Å². The van der Waals surface area contributed by atoms with E-state index >= 15 is 0 Å². The van der Waals surface area contributed by atoms with Crippen LogP contribution in [0.25, 0.3) is 10.8 Å². The third-order valence-electron chi connectivity index (χ3n) is 7.09. The van der Waals surface area contributed by atoms with Crippen molar-refractivity contribution >= 4 is 38.3 Å². The summed E-state index contributed by atoms with van der Waals surface area (Å²) >= 11 is 3.54. The lowest BCUT2D eigenvalue weighted by Crippen LogP contribution is -2.45. The molecule has 0 aliphatic carbocycles. The first-order valence-electron chi connectivity index (χ1n) is 14.2. The zero-order valence-electron chi connectivity index (χ0n) is 24.5. The first-order chi connectivity index (χ1) is 19.4. The van der Waals surface area contributed by atoms with Gasteiger partial charge < -0.3 is 10.2 Å². The van der Waals surface area contributed by atoms with E-state index in [0.29, 0.717) is 12.5 Å². The fourth-order valence-corrected chi connectivity index (χ4v) is 5.06. The normalized spacial score (nSPS) is 15.2. The molecule has 0 aromatic heterocycles. The molecule has 5 heteroatoms. The van der Waals surface area contributed by atoms with Gasteiger partial charge in [-0.2, -0.15) is 0 Å². The number of aryl methyl sites for hydroxylation is 1. The van der Waals surface area contributed by atoms with Gasteiger partial charge in [0.2, 0.25) is 5.91 Å². The summed E-state index contributed by atoms with van der Waals surface area (Å²) in [6.07, 6.45) is 6.17. The minimum Gasteiger partial charge on any atom is -0.386 e. The van der Waals surface area contributed by atoms with Crippen LogP contribution in [0.15, 0.2) is 106 Å². The molecule has 1 aliphatic heterocycles. The van der Waals surface area contributed by atoms with Crippen LogP contribution in [0, 0.1) is 6.92 Å². The molecule has 0 unspecified atom stereocenters. The van der Waals surface area contributed by atoms with Gasteiger partial charge in [-0.05, 0) is 77.5 Å². The highest BCUT2D eigenvalue weighted by molar-refractivity contribution is 9.11. The molecule has 0 atom stereocenters. The highest BCUT2D eigenvalue weighted by Gasteiger charge is 2.23. The van der Waals surface area contributed by atoms with Crippen LogP contribution < -0.4 is 5.32 Å². The van der Waals surface area contributed by atoms with Crippen LogP contribution in [0.4, 0.5) is 0 Å². The van der Waals surface area contributed by atoms with Gasteiger partial charge in [0.05, 0.1) is 17.8 Å². The predicted octanol–water partition coefficient (Wildman–Crippen LogP) is 8.50. The molecule has 1 N–H and O–H groups in total. The number of fused-ring (bicyclic) bond motifs is 1. The van der Waals surface area contributed by atoms with Crippen molar-refractivity contribution < 1.29 is 4.79 Å². The number of allylic oxidation sites excluding steroid dienone is 5. The second kappa shape index (κ2) is 15.4. The number of halogens is 1. The Bertz CT molecular complexity index is 1410. The van der Waals surface area contributed by atoms with Gasteiger partial charge in [0.15, 0.2) is 0 Å². The summed E-state index contributed by atoms with van der Waals surface area (Å²) < 4.78 is 0.878. The van der Waals surface area contributed by atoms with Crippen molar-refractivity contribution in [3.8, 4) is 0 Å². The Hall–Kier alpha value is -3.44. The summed E-state index contributed by atoms with van der Waals surface area (Å²) in [4.78, 5) is 20.1. The Morgan fingerprint density at radius 1 is 1.02 bits per heavy atom. The number of carbonyl (C=O) groups excluding carboxylic acids is 1. The van der Waals surface area contributed by atoms with Gasteiger partial charge in [0.25, 0.3) is 0 Å². The lowest BCUT2D eigenvalue weighted by Gasteiger charge is -2.33. The zero-order chi connectivity index (χ0) is 29.1. The fraction of sp³-hybridized carbons (Fsp3) is 0.314. The maximum absolute atomic E-state index is 13.1. The summed E-state index contributed by atoms with van der Waals surface area (Å²) in [6, 6.07) is 23.1. The summed E-state index contributed by atoms with van der Waals surface area (Å²) in [5, 5.41) is 6.03. The summed E-state index contributed by atoms with van der Waals surface area (Å²) in [7, 11) is 0. The number of nitrogens with one attached hydrogen (secondary N) is 1. The zero-order valence-corrected chi connectivity index (χ0v) is 26.1. The molecule has 1 fully saturated rings. The van der Waals surface area contributed by atoms with Gasteiger partial charge in [0, 0.05) is 34.9 Å². The van der Waals surface area contributed by atoms with E-state index in [0.717, 1.165) is 64.0 Å². The van der Waals surface area contributed by atoms with Crippen molar-refractivity contribution in [1.29, 1.82) is 0 Å². The van der Waals surface area contributed by atoms with Crippen LogP contribution in [0.3, 0.4) is 0 Å². The Morgan fingerprint density at radius 3 is 2.38 bits per heavy atom. The van der Waals surface area contributed by atoms with Crippen molar-refractivity contribution in [3.63, 3.8) is 0 Å². The van der Waals surface area contributed by atoms with Crippen LogP contribution in [0.2, 0.25) is 0 Å². The lowest BCUT2D eigenvalue weighted by atomic mass is 10.00. The number of rotatable bonds is 8. The summed E-state index contributed by atoms with van der Waals surface area (Å²) in [5.41, 5.74) is 6.23. The van der Waals surface area contributed by atoms with E-state index in [-0.39, 0.29) is 5.91 Å². The number of piperidine rings is 1. The molecule has 0 saturated carbocycles. The molecule has 1 amide bonds. The van der Waals surface area contributed by atoms with Crippen LogP contribution in [0.5, 0.6) is 0 Å². The molecule has 0 spiro atoms. The third kappa shape index (κ3) is 8.28. The molecule has 40 heavy (non-hydrogen) atoms. The highest BCUT2D eigenvalue weighted by atomic mass is 79.9. The number of benzene rings is 3. The van der Waals surface area contributed by atoms with Crippen molar-refractivity contribution in [3.05, 3.63) is 118 Å². The predicted molar refractivity (Wildman–Crippen MR) is 175 cm³/mol. The average molecular weight is 601 g/mol. The van der Waals surface area contributed by atoms with E-state index in [1.807, 2.05) is 56.0 Å². The standard InChI is InChI=1S/C33H36BrN3O.C2H6/c1-5-31(34)25(4)36-32(29-15-8-6-11-23(29)2)21-24(3)35-28-17-19-37(20-18-28)33(38)22-27-14-10-13-26-12-7-9-16-30(26)27;1-2/h5-16,21,28,35H,1,17-20,22H2,2-4H3;1-2H3/b24-21+,31-25-,36-32+;. The molecule has 0 radical (unpaired) electrons. The molecule has 3 aromatic carbocycles. The van der Waals surface area contributed by atoms with E-state index in [1.54, 1.807) is 6.08 Å². The second-order valence-electron chi connectivity index (χ2n) is 9.89. The Labute approximate surface area is 248 Å². The third-order valence-corrected chi connectivity index (χ3v) is 7.99. The SMILES string of the molecule is C=C/C(Br)=C(C)/N=C(\C=C(/C)NC1CCN(C(=O)Cc2cccc3ccccc23)CC1)c1ccccc1C.CC. The van der Waals surface area contributed by atoms with E-state index in [1.165, 1.54) is 10.9 Å². The van der Waals surface area contributed by atoms with Crippen LogP contribution in [-0.2, 0) is 11.2 Å². The smallest absolute Gasteiger partial charge is 0.227 e. The molecule has 1 heterocycles. The Balaban J connectivity index is 0.00000216. The molecule has 1 saturated heterocycles. The number of hydrogen-bond donors (Lipinski definition) is 1. The number of amides is 1. The molecule has 1 aliphatic rings. The number of hydrogen-bond acceptors (Lipinski definition) is 3. The molecule has 4 nitrogen and oxygen atoms in total. The fourth-order valence-electron chi connectivity index (χ4n) is 4.98. The van der Waals surface area contributed by atoms with Gasteiger partial charge in [0.1, 0.15) is 0 Å². The first kappa shape index (κ1) is 31.1. The van der Waals surface area contributed by atoms with E-state index < -0.39 is 0 Å². The number of carbonyl (C=O) groups is 1. The maximum atomic E-state index is 13.1. The topological polar surface area (TPSA) is 44.7 Å². The molecule has 3 aromatic rings. The molecule has 4 rings (SSSR count). The lowest BCUT2D eigenvalue weighted by molar-refractivity contribution is -0.131. The molecular formula is C35H42BrN3O. The van der Waals surface area contributed by atoms with Crippen molar-refractivity contribution in [2.75, 3.05) is 13.1 Å². The monoisotopic (exact) mass is 599 g/mol. The number of nitrogens with zero attached hydrogens (tertiary/aromatic N) is 2. The minimum absolute atomic E-state index is 0.205. The molecular weight excluding hydrogens is 558 g/mol. The van der Waals surface area contributed by atoms with Crippen molar-refractivity contribution in [2.45, 2.75) is 59.9 Å². The number of likely N-dealkylation sites (tertiary alicyclic amines) is 1. The first-order valence-corrected chi connectivity index (χ1v) is 15.0. The quantitative estimate of drug-likeness (QED) is 0.208. The van der Waals surface area contributed by atoms with Crippen LogP contribution in [0.1, 0.15) is 57.2 Å².